The van der Waals surface area contributed by atoms with E-state index >= 15 is 0 Å². The number of hydrogen-bond donors (Lipinski definition) is 2. The van der Waals surface area contributed by atoms with Gasteiger partial charge in [0.25, 0.3) is 0 Å². The number of fused-ring (bicyclic) bond motifs is 1. The molecule has 1 aliphatic heterocycles. The molecule has 0 saturated heterocycles. The summed E-state index contributed by atoms with van der Waals surface area (Å²) in [6, 6.07) is 13.9. The molecule has 2 aromatic carbocycles. The molecular formula is C21H23ClN2O2S. The first kappa shape index (κ1) is 18.4. The summed E-state index contributed by atoms with van der Waals surface area (Å²) in [5.74, 6) is 1.52. The molecule has 0 atom stereocenters. The minimum Gasteiger partial charge on any atom is -0.454 e. The lowest BCUT2D eigenvalue weighted by molar-refractivity contribution is 0.174. The van der Waals surface area contributed by atoms with Crippen LogP contribution in [0.3, 0.4) is 0 Å². The molecule has 27 heavy (non-hydrogen) atoms. The third-order valence-corrected chi connectivity index (χ3v) is 5.83. The maximum Gasteiger partial charge on any atom is 0.231 e. The lowest BCUT2D eigenvalue weighted by atomic mass is 9.89. The second-order valence-corrected chi connectivity index (χ2v) is 8.11. The van der Waals surface area contributed by atoms with Crippen LogP contribution in [0.4, 0.5) is 5.69 Å². The number of rotatable bonds is 5. The van der Waals surface area contributed by atoms with Crippen molar-refractivity contribution in [1.29, 1.82) is 0 Å². The summed E-state index contributed by atoms with van der Waals surface area (Å²) in [6.45, 7) is 0.273. The quantitative estimate of drug-likeness (QED) is 0.664. The fourth-order valence-corrected chi connectivity index (χ4v) is 4.36. The Balaban J connectivity index is 1.38. The molecule has 142 valence electrons. The molecule has 0 amide bonds. The number of ether oxygens (including phenoxy) is 2. The largest absolute Gasteiger partial charge is 0.454 e. The molecule has 1 fully saturated rings. The van der Waals surface area contributed by atoms with Crippen molar-refractivity contribution in [3.8, 4) is 11.5 Å². The minimum absolute atomic E-state index is 0.0556. The minimum atomic E-state index is 0.0556. The number of benzene rings is 2. The van der Waals surface area contributed by atoms with Crippen molar-refractivity contribution in [3.05, 3.63) is 53.1 Å². The van der Waals surface area contributed by atoms with E-state index in [4.69, 9.17) is 33.3 Å². The third-order valence-electron chi connectivity index (χ3n) is 5.38. The van der Waals surface area contributed by atoms with Crippen LogP contribution in [0.2, 0.25) is 5.02 Å². The summed E-state index contributed by atoms with van der Waals surface area (Å²) >= 11 is 11.6. The third kappa shape index (κ3) is 4.47. The van der Waals surface area contributed by atoms with Crippen LogP contribution in [0.1, 0.15) is 37.7 Å². The molecule has 0 aromatic heterocycles. The SMILES string of the molecule is S=C(Nc1ccc2c(c1)OCO2)NC1(CCc2ccc(Cl)cc2)CCCC1. The summed E-state index contributed by atoms with van der Waals surface area (Å²) in [5.41, 5.74) is 2.27. The van der Waals surface area contributed by atoms with Crippen molar-refractivity contribution in [1.82, 2.24) is 5.32 Å². The highest BCUT2D eigenvalue weighted by Crippen LogP contribution is 2.35. The molecule has 2 aromatic rings. The van der Waals surface area contributed by atoms with Gasteiger partial charge in [-0.1, -0.05) is 36.6 Å². The predicted octanol–water partition coefficient (Wildman–Crippen LogP) is 5.30. The average molecular weight is 403 g/mol. The number of aryl methyl sites for hydroxylation is 1. The fourth-order valence-electron chi connectivity index (χ4n) is 3.90. The Kier molecular flexibility index (Phi) is 5.41. The number of halogens is 1. The van der Waals surface area contributed by atoms with Crippen molar-refractivity contribution >= 4 is 34.6 Å². The molecule has 1 aliphatic carbocycles. The highest BCUT2D eigenvalue weighted by Gasteiger charge is 2.34. The van der Waals surface area contributed by atoms with Gasteiger partial charge in [-0.15, -0.1) is 0 Å². The smallest absolute Gasteiger partial charge is 0.231 e. The van der Waals surface area contributed by atoms with Gasteiger partial charge >= 0.3 is 0 Å². The second kappa shape index (κ2) is 7.95. The van der Waals surface area contributed by atoms with E-state index in [-0.39, 0.29) is 12.3 Å². The van der Waals surface area contributed by atoms with Gasteiger partial charge in [0.15, 0.2) is 16.6 Å². The molecule has 1 saturated carbocycles. The van der Waals surface area contributed by atoms with E-state index in [9.17, 15) is 0 Å². The van der Waals surface area contributed by atoms with E-state index in [0.717, 1.165) is 47.9 Å². The fraction of sp³-hybridized carbons (Fsp3) is 0.381. The van der Waals surface area contributed by atoms with Gasteiger partial charge in [-0.05, 0) is 67.7 Å². The predicted molar refractivity (Wildman–Crippen MR) is 113 cm³/mol. The molecule has 0 spiro atoms. The van der Waals surface area contributed by atoms with Gasteiger partial charge in [0.2, 0.25) is 6.79 Å². The van der Waals surface area contributed by atoms with E-state index in [2.05, 4.69) is 22.8 Å². The van der Waals surface area contributed by atoms with Gasteiger partial charge in [-0.2, -0.15) is 0 Å². The van der Waals surface area contributed by atoms with Crippen molar-refractivity contribution in [2.24, 2.45) is 0 Å². The zero-order chi connectivity index (χ0) is 18.7. The van der Waals surface area contributed by atoms with Crippen LogP contribution < -0.4 is 20.1 Å². The first-order valence-electron chi connectivity index (χ1n) is 9.35. The summed E-state index contributed by atoms with van der Waals surface area (Å²) in [6.07, 6.45) is 6.82. The summed E-state index contributed by atoms with van der Waals surface area (Å²) < 4.78 is 10.8. The zero-order valence-electron chi connectivity index (χ0n) is 15.1. The Labute approximate surface area is 170 Å². The molecule has 1 heterocycles. The Morgan fingerprint density at radius 3 is 2.56 bits per heavy atom. The average Bonchev–Trinajstić information content (AvgIpc) is 3.30. The highest BCUT2D eigenvalue weighted by molar-refractivity contribution is 7.80. The van der Waals surface area contributed by atoms with E-state index in [0.29, 0.717) is 5.11 Å². The van der Waals surface area contributed by atoms with Gasteiger partial charge in [-0.25, -0.2) is 0 Å². The normalized spacial score (nSPS) is 16.9. The van der Waals surface area contributed by atoms with Crippen molar-refractivity contribution in [2.45, 2.75) is 44.1 Å². The van der Waals surface area contributed by atoms with Crippen molar-refractivity contribution in [3.63, 3.8) is 0 Å². The molecule has 0 unspecified atom stereocenters. The van der Waals surface area contributed by atoms with Crippen LogP contribution in [0.15, 0.2) is 42.5 Å². The number of hydrogen-bond acceptors (Lipinski definition) is 3. The van der Waals surface area contributed by atoms with Crippen LogP contribution in [0, 0.1) is 0 Å². The maximum absolute atomic E-state index is 5.99. The van der Waals surface area contributed by atoms with Crippen LogP contribution >= 0.6 is 23.8 Å². The monoisotopic (exact) mass is 402 g/mol. The van der Waals surface area contributed by atoms with E-state index in [1.807, 2.05) is 30.3 Å². The lowest BCUT2D eigenvalue weighted by Gasteiger charge is -2.32. The number of anilines is 1. The highest BCUT2D eigenvalue weighted by atomic mass is 35.5. The summed E-state index contributed by atoms with van der Waals surface area (Å²) in [4.78, 5) is 0. The Morgan fingerprint density at radius 1 is 1.04 bits per heavy atom. The molecule has 4 rings (SSSR count). The molecule has 2 N–H and O–H groups in total. The number of nitrogens with one attached hydrogen (secondary N) is 2. The molecule has 0 radical (unpaired) electrons. The zero-order valence-corrected chi connectivity index (χ0v) is 16.7. The molecule has 0 bridgehead atoms. The topological polar surface area (TPSA) is 42.5 Å². The Hall–Kier alpha value is -1.98. The molecule has 6 heteroatoms. The van der Waals surface area contributed by atoms with Crippen LogP contribution in [0.25, 0.3) is 0 Å². The summed E-state index contributed by atoms with van der Waals surface area (Å²) in [7, 11) is 0. The van der Waals surface area contributed by atoms with Crippen LogP contribution in [0.5, 0.6) is 11.5 Å². The van der Waals surface area contributed by atoms with E-state index < -0.39 is 0 Å². The lowest BCUT2D eigenvalue weighted by Crippen LogP contribution is -2.48. The Morgan fingerprint density at radius 2 is 1.78 bits per heavy atom. The van der Waals surface area contributed by atoms with Crippen LogP contribution in [-0.2, 0) is 6.42 Å². The van der Waals surface area contributed by atoms with Gasteiger partial charge in [0.1, 0.15) is 0 Å². The standard InChI is InChI=1S/C21H23ClN2O2S/c22-16-5-3-15(4-6-16)9-12-21(10-1-2-11-21)24-20(27)23-17-7-8-18-19(13-17)26-14-25-18/h3-8,13H,1-2,9-12,14H2,(H2,23,24,27). The molecule has 2 aliphatic rings. The van der Waals surface area contributed by atoms with Gasteiger partial charge in [0, 0.05) is 22.3 Å². The van der Waals surface area contributed by atoms with Crippen molar-refractivity contribution < 1.29 is 9.47 Å². The maximum atomic E-state index is 5.99. The summed E-state index contributed by atoms with van der Waals surface area (Å²) in [5, 5.41) is 8.35. The van der Waals surface area contributed by atoms with Gasteiger partial charge < -0.3 is 20.1 Å². The first-order chi connectivity index (χ1) is 13.1. The molecular weight excluding hydrogens is 380 g/mol. The first-order valence-corrected chi connectivity index (χ1v) is 10.1. The van der Waals surface area contributed by atoms with Crippen LogP contribution in [-0.4, -0.2) is 17.4 Å². The number of thiocarbonyl (C=S) groups is 1. The van der Waals surface area contributed by atoms with Gasteiger partial charge in [-0.3, -0.25) is 0 Å². The van der Waals surface area contributed by atoms with E-state index in [1.54, 1.807) is 0 Å². The van der Waals surface area contributed by atoms with Gasteiger partial charge in [0.05, 0.1) is 0 Å². The van der Waals surface area contributed by atoms with E-state index in [1.165, 1.54) is 18.4 Å². The van der Waals surface area contributed by atoms with Crippen molar-refractivity contribution in [2.75, 3.05) is 12.1 Å². The molecule has 4 nitrogen and oxygen atoms in total. The second-order valence-electron chi connectivity index (χ2n) is 7.26. The Bertz CT molecular complexity index is 819.